The van der Waals surface area contributed by atoms with Crippen LogP contribution >= 0.6 is 11.3 Å². The molecule has 0 N–H and O–H groups in total. The Labute approximate surface area is 186 Å². The van der Waals surface area contributed by atoms with Gasteiger partial charge in [0.1, 0.15) is 0 Å². The molecule has 0 radical (unpaired) electrons. The van der Waals surface area contributed by atoms with E-state index in [1.54, 1.807) is 11.3 Å². The van der Waals surface area contributed by atoms with Crippen molar-refractivity contribution in [3.63, 3.8) is 0 Å². The summed E-state index contributed by atoms with van der Waals surface area (Å²) < 4.78 is 2.01. The molecular formula is C27H23N3S. The maximum absolute atomic E-state index is 5.07. The molecule has 3 aromatic carbocycles. The quantitative estimate of drug-likeness (QED) is 0.306. The standard InChI is InChI=1S/C27H23N3S/c1-18-9-7-13-22(15-18)25-20(3)26(23-14-8-10-19(2)16-23)30(29-25)27-28-24(17-31-27)21-11-5-4-6-12-21/h4-17H,1-3H3. The predicted octanol–water partition coefficient (Wildman–Crippen LogP) is 7.26. The Morgan fingerprint density at radius 3 is 2.06 bits per heavy atom. The Morgan fingerprint density at radius 1 is 0.710 bits per heavy atom. The summed E-state index contributed by atoms with van der Waals surface area (Å²) in [7, 11) is 0. The zero-order valence-electron chi connectivity index (χ0n) is 17.8. The smallest absolute Gasteiger partial charge is 0.211 e. The summed E-state index contributed by atoms with van der Waals surface area (Å²) in [5.41, 5.74) is 10.1. The molecule has 0 saturated carbocycles. The first-order chi connectivity index (χ1) is 15.1. The fourth-order valence-corrected chi connectivity index (χ4v) is 4.72. The molecule has 0 aliphatic rings. The SMILES string of the molecule is Cc1cccc(-c2nn(-c3nc(-c4ccccc4)cs3)c(-c3cccc(C)c3)c2C)c1. The molecule has 2 heterocycles. The predicted molar refractivity (Wildman–Crippen MR) is 130 cm³/mol. The van der Waals surface area contributed by atoms with E-state index in [-0.39, 0.29) is 0 Å². The molecule has 0 spiro atoms. The zero-order chi connectivity index (χ0) is 21.4. The van der Waals surface area contributed by atoms with E-state index < -0.39 is 0 Å². The molecule has 0 aliphatic carbocycles. The van der Waals surface area contributed by atoms with Crippen molar-refractivity contribution in [1.82, 2.24) is 14.8 Å². The Hall–Kier alpha value is -3.50. The highest BCUT2D eigenvalue weighted by atomic mass is 32.1. The molecule has 0 amide bonds. The third-order valence-corrected chi connectivity index (χ3v) is 6.26. The molecule has 0 saturated heterocycles. The van der Waals surface area contributed by atoms with E-state index in [0.717, 1.165) is 44.5 Å². The molecule has 4 heteroatoms. The van der Waals surface area contributed by atoms with Crippen LogP contribution in [0.3, 0.4) is 0 Å². The molecule has 0 fully saturated rings. The van der Waals surface area contributed by atoms with Crippen LogP contribution in [0.1, 0.15) is 16.7 Å². The monoisotopic (exact) mass is 421 g/mol. The van der Waals surface area contributed by atoms with Crippen LogP contribution in [0.4, 0.5) is 0 Å². The van der Waals surface area contributed by atoms with E-state index in [0.29, 0.717) is 0 Å². The minimum absolute atomic E-state index is 0.873. The second kappa shape index (κ2) is 7.97. The second-order valence-electron chi connectivity index (χ2n) is 7.85. The molecule has 5 aromatic rings. The number of rotatable bonds is 4. The highest BCUT2D eigenvalue weighted by molar-refractivity contribution is 7.12. The summed E-state index contributed by atoms with van der Waals surface area (Å²) in [6.45, 7) is 6.40. The highest BCUT2D eigenvalue weighted by Crippen LogP contribution is 2.35. The number of thiazole rings is 1. The summed E-state index contributed by atoms with van der Waals surface area (Å²) in [6.07, 6.45) is 0. The molecular weight excluding hydrogens is 398 g/mol. The lowest BCUT2D eigenvalue weighted by Gasteiger charge is -2.07. The Bertz CT molecular complexity index is 1360. The number of nitrogens with zero attached hydrogens (tertiary/aromatic N) is 3. The maximum Gasteiger partial charge on any atom is 0.211 e. The van der Waals surface area contributed by atoms with Gasteiger partial charge in [0.25, 0.3) is 0 Å². The van der Waals surface area contributed by atoms with Crippen molar-refractivity contribution in [3.05, 3.63) is 101 Å². The van der Waals surface area contributed by atoms with E-state index in [1.807, 2.05) is 22.9 Å². The van der Waals surface area contributed by atoms with Crippen molar-refractivity contribution in [1.29, 1.82) is 0 Å². The summed E-state index contributed by atoms with van der Waals surface area (Å²) in [5.74, 6) is 0. The van der Waals surface area contributed by atoms with Crippen LogP contribution in [0.5, 0.6) is 0 Å². The van der Waals surface area contributed by atoms with Gasteiger partial charge in [-0.25, -0.2) is 9.67 Å². The van der Waals surface area contributed by atoms with Gasteiger partial charge in [0, 0.05) is 27.6 Å². The van der Waals surface area contributed by atoms with Gasteiger partial charge in [-0.1, -0.05) is 77.9 Å². The molecule has 152 valence electrons. The lowest BCUT2D eigenvalue weighted by Crippen LogP contribution is -1.99. The van der Waals surface area contributed by atoms with Crippen LogP contribution in [0.25, 0.3) is 38.9 Å². The normalized spacial score (nSPS) is 11.1. The van der Waals surface area contributed by atoms with Crippen LogP contribution in [0.2, 0.25) is 0 Å². The first kappa shape index (κ1) is 19.5. The fourth-order valence-electron chi connectivity index (χ4n) is 3.94. The lowest BCUT2D eigenvalue weighted by molar-refractivity contribution is 0.881. The van der Waals surface area contributed by atoms with Crippen LogP contribution in [0.15, 0.2) is 84.2 Å². The molecule has 5 rings (SSSR count). The van der Waals surface area contributed by atoms with Crippen LogP contribution in [-0.2, 0) is 0 Å². The van der Waals surface area contributed by atoms with Crippen LogP contribution in [0, 0.1) is 20.8 Å². The van der Waals surface area contributed by atoms with Gasteiger partial charge >= 0.3 is 0 Å². The Morgan fingerprint density at radius 2 is 1.35 bits per heavy atom. The number of hydrogen-bond acceptors (Lipinski definition) is 3. The van der Waals surface area contributed by atoms with Gasteiger partial charge < -0.3 is 0 Å². The average Bonchev–Trinajstić information content (AvgIpc) is 3.39. The Kier molecular flexibility index (Phi) is 5.00. The minimum Gasteiger partial charge on any atom is -0.218 e. The van der Waals surface area contributed by atoms with Crippen molar-refractivity contribution < 1.29 is 0 Å². The van der Waals surface area contributed by atoms with Crippen molar-refractivity contribution in [2.24, 2.45) is 0 Å². The van der Waals surface area contributed by atoms with Crippen molar-refractivity contribution >= 4 is 11.3 Å². The van der Waals surface area contributed by atoms with Gasteiger partial charge in [-0.15, -0.1) is 11.3 Å². The first-order valence-electron chi connectivity index (χ1n) is 10.3. The summed E-state index contributed by atoms with van der Waals surface area (Å²) in [4.78, 5) is 4.94. The first-order valence-corrected chi connectivity index (χ1v) is 11.2. The van der Waals surface area contributed by atoms with Crippen molar-refractivity contribution in [2.45, 2.75) is 20.8 Å². The molecule has 0 unspecified atom stereocenters. The largest absolute Gasteiger partial charge is 0.218 e. The number of benzene rings is 3. The van der Waals surface area contributed by atoms with E-state index >= 15 is 0 Å². The zero-order valence-corrected chi connectivity index (χ0v) is 18.6. The third kappa shape index (κ3) is 3.71. The van der Waals surface area contributed by atoms with Crippen molar-refractivity contribution in [3.8, 4) is 38.9 Å². The Balaban J connectivity index is 1.71. The van der Waals surface area contributed by atoms with E-state index in [2.05, 4.69) is 86.8 Å². The summed E-state index contributed by atoms with van der Waals surface area (Å²) in [6, 6.07) is 27.4. The molecule has 2 aromatic heterocycles. The van der Waals surface area contributed by atoms with Gasteiger partial charge in [0.2, 0.25) is 5.13 Å². The van der Waals surface area contributed by atoms with E-state index in [9.17, 15) is 0 Å². The van der Waals surface area contributed by atoms with Crippen LogP contribution in [-0.4, -0.2) is 14.8 Å². The number of aryl methyl sites for hydroxylation is 2. The summed E-state index contributed by atoms with van der Waals surface area (Å²) in [5, 5.41) is 8.05. The maximum atomic E-state index is 5.07. The number of hydrogen-bond donors (Lipinski definition) is 0. The van der Waals surface area contributed by atoms with Gasteiger partial charge in [-0.3, -0.25) is 0 Å². The third-order valence-electron chi connectivity index (χ3n) is 5.45. The average molecular weight is 422 g/mol. The van der Waals surface area contributed by atoms with Gasteiger partial charge in [0.15, 0.2) is 0 Å². The van der Waals surface area contributed by atoms with Crippen LogP contribution < -0.4 is 0 Å². The molecule has 0 atom stereocenters. The minimum atomic E-state index is 0.873. The molecule has 0 aliphatic heterocycles. The second-order valence-corrected chi connectivity index (χ2v) is 8.69. The lowest BCUT2D eigenvalue weighted by atomic mass is 10.0. The molecule has 0 bridgehead atoms. The van der Waals surface area contributed by atoms with E-state index in [1.165, 1.54) is 11.1 Å². The van der Waals surface area contributed by atoms with Gasteiger partial charge in [-0.05, 0) is 32.9 Å². The molecule has 31 heavy (non-hydrogen) atoms. The summed E-state index contributed by atoms with van der Waals surface area (Å²) >= 11 is 1.62. The van der Waals surface area contributed by atoms with Gasteiger partial charge in [0.05, 0.1) is 17.1 Å². The van der Waals surface area contributed by atoms with Crippen molar-refractivity contribution in [2.75, 3.05) is 0 Å². The van der Waals surface area contributed by atoms with E-state index in [4.69, 9.17) is 10.1 Å². The fraction of sp³-hybridized carbons (Fsp3) is 0.111. The molecule has 3 nitrogen and oxygen atoms in total. The van der Waals surface area contributed by atoms with Gasteiger partial charge in [-0.2, -0.15) is 5.10 Å². The highest BCUT2D eigenvalue weighted by Gasteiger charge is 2.20. The topological polar surface area (TPSA) is 30.7 Å². The number of aromatic nitrogens is 3.